The number of nitrogens with one attached hydrogen (secondary N) is 1. The number of hydrogen-bond donors (Lipinski definition) is 2. The van der Waals surface area contributed by atoms with Crippen LogP contribution in [0.2, 0.25) is 0 Å². The van der Waals surface area contributed by atoms with Gasteiger partial charge in [-0.3, -0.25) is 4.79 Å². The Morgan fingerprint density at radius 3 is 2.68 bits per heavy atom. The van der Waals surface area contributed by atoms with Crippen molar-refractivity contribution >= 4 is 27.7 Å². The van der Waals surface area contributed by atoms with Gasteiger partial charge in [0.15, 0.2) is 0 Å². The molecule has 0 fully saturated rings. The van der Waals surface area contributed by atoms with Crippen LogP contribution < -0.4 is 11.1 Å². The summed E-state index contributed by atoms with van der Waals surface area (Å²) in [5, 5.41) is 2.82. The van der Waals surface area contributed by atoms with Gasteiger partial charge in [-0.25, -0.2) is 4.98 Å². The van der Waals surface area contributed by atoms with Crippen LogP contribution in [-0.2, 0) is 4.79 Å². The lowest BCUT2D eigenvalue weighted by Gasteiger charge is -2.16. The van der Waals surface area contributed by atoms with Crippen molar-refractivity contribution in [3.05, 3.63) is 22.3 Å². The van der Waals surface area contributed by atoms with Gasteiger partial charge >= 0.3 is 0 Å². The van der Waals surface area contributed by atoms with Crippen LogP contribution in [0.15, 0.2) is 16.6 Å². The molecule has 0 radical (unpaired) electrons. The highest BCUT2D eigenvalue weighted by Gasteiger charge is 2.14. The Kier molecular flexibility index (Phi) is 6.45. The highest BCUT2D eigenvalue weighted by Crippen LogP contribution is 2.18. The third-order valence-corrected chi connectivity index (χ3v) is 3.74. The molecular formula is C14H22BrN3O. The van der Waals surface area contributed by atoms with E-state index in [1.54, 1.807) is 6.07 Å². The van der Waals surface area contributed by atoms with Crippen LogP contribution in [0.3, 0.4) is 0 Å². The summed E-state index contributed by atoms with van der Waals surface area (Å²) >= 11 is 3.38. The summed E-state index contributed by atoms with van der Waals surface area (Å²) in [6, 6.07) is 3.67. The van der Waals surface area contributed by atoms with Crippen LogP contribution in [0, 0.1) is 18.8 Å². The molecule has 0 aromatic carbocycles. The van der Waals surface area contributed by atoms with Crippen molar-refractivity contribution in [1.82, 2.24) is 4.98 Å². The van der Waals surface area contributed by atoms with Gasteiger partial charge in [-0.1, -0.05) is 13.8 Å². The van der Waals surface area contributed by atoms with Crippen LogP contribution in [-0.4, -0.2) is 17.4 Å². The molecule has 0 aliphatic heterocycles. The average molecular weight is 328 g/mol. The minimum absolute atomic E-state index is 0.0228. The van der Waals surface area contributed by atoms with E-state index in [1.807, 2.05) is 13.0 Å². The van der Waals surface area contributed by atoms with Gasteiger partial charge in [-0.2, -0.15) is 0 Å². The van der Waals surface area contributed by atoms with Gasteiger partial charge in [0.1, 0.15) is 5.82 Å². The largest absolute Gasteiger partial charge is 0.330 e. The van der Waals surface area contributed by atoms with Crippen molar-refractivity contribution in [3.63, 3.8) is 0 Å². The fourth-order valence-electron chi connectivity index (χ4n) is 2.00. The fourth-order valence-corrected chi connectivity index (χ4v) is 2.22. The summed E-state index contributed by atoms with van der Waals surface area (Å²) in [5.74, 6) is 1.35. The van der Waals surface area contributed by atoms with Gasteiger partial charge < -0.3 is 11.1 Å². The van der Waals surface area contributed by atoms with Gasteiger partial charge in [0.25, 0.3) is 0 Å². The highest BCUT2D eigenvalue weighted by molar-refractivity contribution is 9.10. The van der Waals surface area contributed by atoms with Crippen molar-refractivity contribution in [2.24, 2.45) is 17.6 Å². The Morgan fingerprint density at radius 2 is 2.16 bits per heavy atom. The number of aryl methyl sites for hydroxylation is 1. The van der Waals surface area contributed by atoms with E-state index >= 15 is 0 Å². The molecule has 0 aliphatic rings. The normalized spacial score (nSPS) is 12.5. The maximum Gasteiger partial charge on any atom is 0.225 e. The minimum atomic E-state index is -0.0228. The molecular weight excluding hydrogens is 306 g/mol. The second kappa shape index (κ2) is 7.60. The van der Waals surface area contributed by atoms with E-state index < -0.39 is 0 Å². The van der Waals surface area contributed by atoms with E-state index in [-0.39, 0.29) is 11.8 Å². The highest BCUT2D eigenvalue weighted by atomic mass is 79.9. The lowest BCUT2D eigenvalue weighted by molar-refractivity contribution is -0.117. The molecule has 0 spiro atoms. The lowest BCUT2D eigenvalue weighted by Crippen LogP contribution is -2.23. The summed E-state index contributed by atoms with van der Waals surface area (Å²) in [6.45, 7) is 6.71. The summed E-state index contributed by atoms with van der Waals surface area (Å²) in [5.41, 5.74) is 6.56. The van der Waals surface area contributed by atoms with Crippen LogP contribution >= 0.6 is 15.9 Å². The van der Waals surface area contributed by atoms with Crippen LogP contribution in [0.25, 0.3) is 0 Å². The summed E-state index contributed by atoms with van der Waals surface area (Å²) < 4.78 is 0.935. The molecule has 0 bridgehead atoms. The van der Waals surface area contributed by atoms with Crippen LogP contribution in [0.5, 0.6) is 0 Å². The van der Waals surface area contributed by atoms with E-state index in [0.717, 1.165) is 16.6 Å². The Morgan fingerprint density at radius 1 is 1.47 bits per heavy atom. The molecule has 1 atom stereocenters. The van der Waals surface area contributed by atoms with Crippen molar-refractivity contribution < 1.29 is 4.79 Å². The number of pyridine rings is 1. The standard InChI is InChI=1S/C14H22BrN3O/c1-9(2)6-11(8-16)7-14(19)18-13-5-4-12(15)10(3)17-13/h4-5,9,11H,6-8,16H2,1-3H3,(H,17,18,19)/t11-/m0/s1. The number of anilines is 1. The first kappa shape index (κ1) is 16.1. The number of nitrogens with zero attached hydrogens (tertiary/aromatic N) is 1. The van der Waals surface area contributed by atoms with E-state index in [4.69, 9.17) is 5.73 Å². The number of carbonyl (C=O) groups is 1. The summed E-state index contributed by atoms with van der Waals surface area (Å²) in [4.78, 5) is 16.2. The quantitative estimate of drug-likeness (QED) is 0.843. The molecule has 106 valence electrons. The van der Waals surface area contributed by atoms with Gasteiger partial charge in [-0.05, 0) is 59.8 Å². The molecule has 1 rings (SSSR count). The first-order chi connectivity index (χ1) is 8.92. The van der Waals surface area contributed by atoms with Crippen molar-refractivity contribution in [1.29, 1.82) is 0 Å². The molecule has 0 saturated carbocycles. The summed E-state index contributed by atoms with van der Waals surface area (Å²) in [6.07, 6.45) is 1.42. The zero-order valence-corrected chi connectivity index (χ0v) is 13.3. The lowest BCUT2D eigenvalue weighted by atomic mass is 9.94. The molecule has 0 unspecified atom stereocenters. The molecule has 0 aliphatic carbocycles. The number of carbonyl (C=O) groups excluding carboxylic acids is 1. The zero-order chi connectivity index (χ0) is 14.4. The first-order valence-electron chi connectivity index (χ1n) is 6.55. The average Bonchev–Trinajstić information content (AvgIpc) is 2.32. The predicted octanol–water partition coefficient (Wildman–Crippen LogP) is 3.10. The van der Waals surface area contributed by atoms with Gasteiger partial charge in [-0.15, -0.1) is 0 Å². The second-order valence-electron chi connectivity index (χ2n) is 5.25. The fraction of sp³-hybridized carbons (Fsp3) is 0.571. The van der Waals surface area contributed by atoms with Crippen LogP contribution in [0.4, 0.5) is 5.82 Å². The minimum Gasteiger partial charge on any atom is -0.330 e. The molecule has 1 aromatic rings. The van der Waals surface area contributed by atoms with E-state index in [1.165, 1.54) is 0 Å². The molecule has 1 heterocycles. The van der Waals surface area contributed by atoms with Gasteiger partial charge in [0, 0.05) is 10.9 Å². The Bertz CT molecular complexity index is 435. The number of nitrogens with two attached hydrogens (primary N) is 1. The SMILES string of the molecule is Cc1nc(NC(=O)C[C@@H](CN)CC(C)C)ccc1Br. The molecule has 19 heavy (non-hydrogen) atoms. The molecule has 1 aromatic heterocycles. The van der Waals surface area contributed by atoms with Gasteiger partial charge in [0.2, 0.25) is 5.91 Å². The smallest absolute Gasteiger partial charge is 0.225 e. The maximum atomic E-state index is 11.9. The molecule has 1 amide bonds. The number of rotatable bonds is 6. The zero-order valence-electron chi connectivity index (χ0n) is 11.7. The Hall–Kier alpha value is -0.940. The van der Waals surface area contributed by atoms with Crippen molar-refractivity contribution in [2.45, 2.75) is 33.6 Å². The first-order valence-corrected chi connectivity index (χ1v) is 7.34. The Labute approximate surface area is 123 Å². The molecule has 4 nitrogen and oxygen atoms in total. The number of hydrogen-bond acceptors (Lipinski definition) is 3. The van der Waals surface area contributed by atoms with Gasteiger partial charge in [0.05, 0.1) is 5.69 Å². The molecule has 0 saturated heterocycles. The predicted molar refractivity (Wildman–Crippen MR) is 81.9 cm³/mol. The summed E-state index contributed by atoms with van der Waals surface area (Å²) in [7, 11) is 0. The van der Waals surface area contributed by atoms with Crippen molar-refractivity contribution in [2.75, 3.05) is 11.9 Å². The van der Waals surface area contributed by atoms with Crippen LogP contribution in [0.1, 0.15) is 32.4 Å². The van der Waals surface area contributed by atoms with E-state index in [9.17, 15) is 4.79 Å². The van der Waals surface area contributed by atoms with E-state index in [2.05, 4.69) is 40.1 Å². The van der Waals surface area contributed by atoms with E-state index in [0.29, 0.717) is 24.7 Å². The van der Waals surface area contributed by atoms with Crippen molar-refractivity contribution in [3.8, 4) is 0 Å². The number of halogens is 1. The number of amides is 1. The third-order valence-electron chi connectivity index (χ3n) is 2.90. The number of aromatic nitrogens is 1. The topological polar surface area (TPSA) is 68.0 Å². The third kappa shape index (κ3) is 5.70. The molecule has 5 heteroatoms. The monoisotopic (exact) mass is 327 g/mol. The second-order valence-corrected chi connectivity index (χ2v) is 6.10. The maximum absolute atomic E-state index is 11.9. The molecule has 3 N–H and O–H groups in total. The Balaban J connectivity index is 2.56.